The summed E-state index contributed by atoms with van der Waals surface area (Å²) in [6, 6.07) is 11.3. The summed E-state index contributed by atoms with van der Waals surface area (Å²) >= 11 is 2.08. The van der Waals surface area contributed by atoms with Crippen LogP contribution in [0.2, 0.25) is 0 Å². The Morgan fingerprint density at radius 2 is 1.68 bits per heavy atom. The van der Waals surface area contributed by atoms with Crippen LogP contribution in [0.15, 0.2) is 53.1 Å². The number of carbonyl (C=O) groups excluding carboxylic acids is 1. The average Bonchev–Trinajstić information content (AvgIpc) is 3.22. The van der Waals surface area contributed by atoms with E-state index in [1.165, 1.54) is 12.1 Å². The number of amides is 1. The highest BCUT2D eigenvalue weighted by Gasteiger charge is 2.39. The van der Waals surface area contributed by atoms with Crippen LogP contribution in [-0.4, -0.2) is 45.8 Å². The van der Waals surface area contributed by atoms with Gasteiger partial charge in [0.2, 0.25) is 5.82 Å². The van der Waals surface area contributed by atoms with Gasteiger partial charge in [-0.25, -0.2) is 0 Å². The molecule has 1 heterocycles. The lowest BCUT2D eigenvalue weighted by atomic mass is 10.0. The van der Waals surface area contributed by atoms with E-state index in [4.69, 9.17) is 4.52 Å². The molecule has 0 aliphatic heterocycles. The van der Waals surface area contributed by atoms with Crippen LogP contribution in [0.5, 0.6) is 5.75 Å². The van der Waals surface area contributed by atoms with Crippen molar-refractivity contribution in [3.8, 4) is 17.1 Å². The second kappa shape index (κ2) is 9.20. The van der Waals surface area contributed by atoms with Gasteiger partial charge in [0.15, 0.2) is 5.54 Å². The van der Waals surface area contributed by atoms with E-state index in [0.717, 1.165) is 15.7 Å². The van der Waals surface area contributed by atoms with Gasteiger partial charge in [-0.3, -0.25) is 4.79 Å². The standard InChI is InChI=1S/C19H15F3IN3O5/c20-19(21,22)30-14-7-3-11(4-8-14)15-24-17(31-26-15)18(9-27,10-28)25-16(29)12-1-5-13(23)6-2-12/h1-8,27-28H,9-10H2,(H,25,29). The molecular weight excluding hydrogens is 534 g/mol. The van der Waals surface area contributed by atoms with Crippen molar-refractivity contribution >= 4 is 28.5 Å². The fraction of sp³-hybridized carbons (Fsp3) is 0.211. The van der Waals surface area contributed by atoms with Crippen molar-refractivity contribution in [3.05, 3.63) is 63.6 Å². The third-order valence-electron chi connectivity index (χ3n) is 4.18. The Bertz CT molecular complexity index is 1040. The molecule has 0 radical (unpaired) electrons. The van der Waals surface area contributed by atoms with Gasteiger partial charge < -0.3 is 24.8 Å². The molecule has 0 aliphatic carbocycles. The number of nitrogens with zero attached hydrogens (tertiary/aromatic N) is 2. The number of aliphatic hydroxyl groups excluding tert-OH is 2. The Morgan fingerprint density at radius 3 is 2.23 bits per heavy atom. The van der Waals surface area contributed by atoms with Crippen LogP contribution in [-0.2, 0) is 5.54 Å². The zero-order valence-corrected chi connectivity index (χ0v) is 17.7. The van der Waals surface area contributed by atoms with Crippen LogP contribution in [0.1, 0.15) is 16.2 Å². The van der Waals surface area contributed by atoms with Crippen LogP contribution in [0.25, 0.3) is 11.4 Å². The Morgan fingerprint density at radius 1 is 1.06 bits per heavy atom. The number of alkyl halides is 3. The van der Waals surface area contributed by atoms with E-state index in [1.807, 2.05) is 0 Å². The van der Waals surface area contributed by atoms with E-state index < -0.39 is 36.8 Å². The minimum absolute atomic E-state index is 0.0247. The van der Waals surface area contributed by atoms with E-state index in [2.05, 4.69) is 42.8 Å². The molecule has 3 rings (SSSR count). The van der Waals surface area contributed by atoms with Crippen LogP contribution in [0.4, 0.5) is 13.2 Å². The van der Waals surface area contributed by atoms with Crippen LogP contribution in [0, 0.1) is 3.57 Å². The lowest BCUT2D eigenvalue weighted by Crippen LogP contribution is -2.51. The first-order valence-electron chi connectivity index (χ1n) is 8.66. The van der Waals surface area contributed by atoms with Gasteiger partial charge in [-0.05, 0) is 71.1 Å². The second-order valence-electron chi connectivity index (χ2n) is 6.35. The van der Waals surface area contributed by atoms with Crippen molar-refractivity contribution in [1.29, 1.82) is 0 Å². The molecule has 0 fully saturated rings. The first kappa shape index (κ1) is 23.0. The highest BCUT2D eigenvalue weighted by molar-refractivity contribution is 14.1. The predicted molar refractivity (Wildman–Crippen MR) is 109 cm³/mol. The van der Waals surface area contributed by atoms with Crippen molar-refractivity contribution < 1.29 is 37.4 Å². The minimum atomic E-state index is -4.82. The predicted octanol–water partition coefficient (Wildman–Crippen LogP) is 2.85. The van der Waals surface area contributed by atoms with Gasteiger partial charge >= 0.3 is 6.36 Å². The number of carbonyl (C=O) groups is 1. The van der Waals surface area contributed by atoms with E-state index in [-0.39, 0.29) is 17.3 Å². The van der Waals surface area contributed by atoms with Crippen molar-refractivity contribution in [1.82, 2.24) is 15.5 Å². The number of hydrogen-bond acceptors (Lipinski definition) is 7. The molecule has 0 unspecified atom stereocenters. The molecule has 0 saturated heterocycles. The fourth-order valence-corrected chi connectivity index (χ4v) is 2.91. The zero-order valence-electron chi connectivity index (χ0n) is 15.6. The van der Waals surface area contributed by atoms with Gasteiger partial charge in [-0.2, -0.15) is 4.98 Å². The van der Waals surface area contributed by atoms with Gasteiger partial charge in [0.1, 0.15) is 5.75 Å². The molecule has 1 aromatic heterocycles. The monoisotopic (exact) mass is 549 g/mol. The largest absolute Gasteiger partial charge is 0.573 e. The molecule has 1 amide bonds. The molecular formula is C19H15F3IN3O5. The Balaban J connectivity index is 1.83. The number of aliphatic hydroxyl groups is 2. The van der Waals surface area contributed by atoms with Gasteiger partial charge in [0.05, 0.1) is 13.2 Å². The normalized spacial score (nSPS) is 11.9. The van der Waals surface area contributed by atoms with Crippen LogP contribution >= 0.6 is 22.6 Å². The summed E-state index contributed by atoms with van der Waals surface area (Å²) in [6.45, 7) is -1.50. The van der Waals surface area contributed by atoms with Gasteiger partial charge in [-0.15, -0.1) is 13.2 Å². The fourth-order valence-electron chi connectivity index (χ4n) is 2.55. The van der Waals surface area contributed by atoms with Gasteiger partial charge in [0.25, 0.3) is 11.8 Å². The molecule has 31 heavy (non-hydrogen) atoms. The maximum Gasteiger partial charge on any atom is 0.573 e. The molecule has 3 N–H and O–H groups in total. The zero-order chi connectivity index (χ0) is 22.6. The van der Waals surface area contributed by atoms with Gasteiger partial charge in [-0.1, -0.05) is 5.16 Å². The SMILES string of the molecule is O=C(NC(CO)(CO)c1nc(-c2ccc(OC(F)(F)F)cc2)no1)c1ccc(I)cc1. The summed E-state index contributed by atoms with van der Waals surface area (Å²) in [5.41, 5.74) is -1.20. The molecule has 164 valence electrons. The number of aromatic nitrogens is 2. The van der Waals surface area contributed by atoms with Crippen molar-refractivity contribution in [2.24, 2.45) is 0 Å². The topological polar surface area (TPSA) is 118 Å². The van der Waals surface area contributed by atoms with Crippen molar-refractivity contribution in [2.75, 3.05) is 13.2 Å². The molecule has 0 saturated carbocycles. The summed E-state index contributed by atoms with van der Waals surface area (Å²) < 4.78 is 46.7. The second-order valence-corrected chi connectivity index (χ2v) is 7.60. The Kier molecular flexibility index (Phi) is 6.81. The first-order chi connectivity index (χ1) is 14.7. The summed E-state index contributed by atoms with van der Waals surface area (Å²) in [5.74, 6) is -1.32. The number of benzene rings is 2. The molecule has 0 spiro atoms. The van der Waals surface area contributed by atoms with E-state index in [9.17, 15) is 28.2 Å². The average molecular weight is 549 g/mol. The molecule has 0 bridgehead atoms. The summed E-state index contributed by atoms with van der Waals surface area (Å²) in [6.07, 6.45) is -4.82. The molecule has 2 aromatic carbocycles. The highest BCUT2D eigenvalue weighted by atomic mass is 127. The smallest absolute Gasteiger partial charge is 0.406 e. The lowest BCUT2D eigenvalue weighted by molar-refractivity contribution is -0.274. The molecule has 3 aromatic rings. The summed E-state index contributed by atoms with van der Waals surface area (Å²) in [4.78, 5) is 16.6. The number of ether oxygens (including phenoxy) is 1. The minimum Gasteiger partial charge on any atom is -0.406 e. The number of nitrogens with one attached hydrogen (secondary N) is 1. The molecule has 12 heteroatoms. The highest BCUT2D eigenvalue weighted by Crippen LogP contribution is 2.27. The van der Waals surface area contributed by atoms with E-state index >= 15 is 0 Å². The lowest BCUT2D eigenvalue weighted by Gasteiger charge is -2.26. The van der Waals surface area contributed by atoms with Crippen molar-refractivity contribution in [3.63, 3.8) is 0 Å². The van der Waals surface area contributed by atoms with Gasteiger partial charge in [0, 0.05) is 14.7 Å². The summed E-state index contributed by atoms with van der Waals surface area (Å²) in [7, 11) is 0. The van der Waals surface area contributed by atoms with E-state index in [0.29, 0.717) is 5.56 Å². The number of halogens is 4. The summed E-state index contributed by atoms with van der Waals surface area (Å²) in [5, 5.41) is 26.0. The third kappa shape index (κ3) is 5.51. The Labute approximate surface area is 187 Å². The molecule has 0 aliphatic rings. The van der Waals surface area contributed by atoms with Crippen LogP contribution in [0.3, 0.4) is 0 Å². The number of rotatable bonds is 7. The molecule has 0 atom stereocenters. The molecule has 8 nitrogen and oxygen atoms in total. The first-order valence-corrected chi connectivity index (χ1v) is 9.74. The van der Waals surface area contributed by atoms with Crippen LogP contribution < -0.4 is 10.1 Å². The Hall–Kier alpha value is -2.71. The third-order valence-corrected chi connectivity index (χ3v) is 4.90. The quantitative estimate of drug-likeness (QED) is 0.388. The van der Waals surface area contributed by atoms with E-state index in [1.54, 1.807) is 24.3 Å². The van der Waals surface area contributed by atoms with Crippen molar-refractivity contribution in [2.45, 2.75) is 11.9 Å². The number of hydrogen-bond donors (Lipinski definition) is 3. The maximum absolute atomic E-state index is 12.6. The maximum atomic E-state index is 12.6.